The van der Waals surface area contributed by atoms with E-state index in [0.717, 1.165) is 5.56 Å². The topological polar surface area (TPSA) is 72.8 Å². The first-order valence-electron chi connectivity index (χ1n) is 6.59. The second-order valence-corrected chi connectivity index (χ2v) is 7.00. The van der Waals surface area contributed by atoms with Crippen molar-refractivity contribution in [3.05, 3.63) is 23.8 Å². The van der Waals surface area contributed by atoms with Gasteiger partial charge in [-0.3, -0.25) is 0 Å². The van der Waals surface area contributed by atoms with Crippen LogP contribution in [0.3, 0.4) is 0 Å². The Balaban J connectivity index is 2.60. The Morgan fingerprint density at radius 3 is 2.55 bits per heavy atom. The fourth-order valence-electron chi connectivity index (χ4n) is 1.67. The quantitative estimate of drug-likeness (QED) is 0.743. The van der Waals surface area contributed by atoms with Crippen LogP contribution in [0.1, 0.15) is 31.9 Å². The molecule has 0 aliphatic rings. The number of rotatable bonds is 8. The van der Waals surface area contributed by atoms with Crippen molar-refractivity contribution in [1.29, 1.82) is 0 Å². The van der Waals surface area contributed by atoms with Crippen molar-refractivity contribution in [3.8, 4) is 11.5 Å². The fourth-order valence-corrected chi connectivity index (χ4v) is 2.51. The van der Waals surface area contributed by atoms with Gasteiger partial charge < -0.3 is 14.6 Å². The molecule has 0 bridgehead atoms. The van der Waals surface area contributed by atoms with Crippen molar-refractivity contribution in [1.82, 2.24) is 0 Å². The van der Waals surface area contributed by atoms with Gasteiger partial charge in [0.05, 0.1) is 25.6 Å². The maximum atomic E-state index is 11.3. The zero-order valence-electron chi connectivity index (χ0n) is 12.1. The van der Waals surface area contributed by atoms with Gasteiger partial charge in [-0.05, 0) is 31.0 Å². The normalized spacial score (nSPS) is 13.0. The first-order chi connectivity index (χ1) is 9.39. The lowest BCUT2D eigenvalue weighted by Gasteiger charge is -2.13. The molecule has 0 radical (unpaired) electrons. The molecule has 5 nitrogen and oxygen atoms in total. The molecule has 0 heterocycles. The lowest BCUT2D eigenvalue weighted by atomic mass is 10.1. The number of ether oxygens (including phenoxy) is 2. The predicted molar refractivity (Wildman–Crippen MR) is 78.1 cm³/mol. The third-order valence-electron chi connectivity index (χ3n) is 2.97. The van der Waals surface area contributed by atoms with Crippen LogP contribution in [-0.4, -0.2) is 38.7 Å². The van der Waals surface area contributed by atoms with E-state index in [1.54, 1.807) is 32.0 Å². The number of sulfone groups is 1. The Kier molecular flexibility index (Phi) is 6.29. The zero-order valence-corrected chi connectivity index (χ0v) is 12.9. The second-order valence-electron chi connectivity index (χ2n) is 4.52. The summed E-state index contributed by atoms with van der Waals surface area (Å²) in [5.74, 6) is 1.35. The molecule has 6 heteroatoms. The van der Waals surface area contributed by atoms with Crippen molar-refractivity contribution >= 4 is 9.84 Å². The van der Waals surface area contributed by atoms with Gasteiger partial charge in [-0.25, -0.2) is 8.42 Å². The highest BCUT2D eigenvalue weighted by molar-refractivity contribution is 7.91. The van der Waals surface area contributed by atoms with Crippen LogP contribution in [0, 0.1) is 0 Å². The summed E-state index contributed by atoms with van der Waals surface area (Å²) >= 11 is 0. The van der Waals surface area contributed by atoms with Gasteiger partial charge in [0, 0.05) is 5.75 Å². The number of methoxy groups -OCH3 is 1. The SMILES string of the molecule is CCS(=O)(=O)CCCOc1ccc(C(C)O)cc1OC. The van der Waals surface area contributed by atoms with Crippen molar-refractivity contribution in [2.45, 2.75) is 26.4 Å². The maximum absolute atomic E-state index is 11.3. The summed E-state index contributed by atoms with van der Waals surface area (Å²) in [4.78, 5) is 0. The molecule has 0 spiro atoms. The van der Waals surface area contributed by atoms with Gasteiger partial charge in [0.25, 0.3) is 0 Å². The largest absolute Gasteiger partial charge is 0.493 e. The molecule has 1 N–H and O–H groups in total. The fraction of sp³-hybridized carbons (Fsp3) is 0.571. The Morgan fingerprint density at radius 2 is 2.00 bits per heavy atom. The summed E-state index contributed by atoms with van der Waals surface area (Å²) in [5.41, 5.74) is 0.739. The molecule has 0 saturated carbocycles. The Hall–Kier alpha value is -1.27. The minimum absolute atomic E-state index is 0.123. The highest BCUT2D eigenvalue weighted by Gasteiger charge is 2.10. The van der Waals surface area contributed by atoms with Crippen LogP contribution in [0.15, 0.2) is 18.2 Å². The molecule has 0 aromatic heterocycles. The summed E-state index contributed by atoms with van der Waals surface area (Å²) in [6.45, 7) is 3.61. The van der Waals surface area contributed by atoms with Crippen LogP contribution in [0.5, 0.6) is 11.5 Å². The lowest BCUT2D eigenvalue weighted by molar-refractivity contribution is 0.198. The van der Waals surface area contributed by atoms with Crippen LogP contribution < -0.4 is 9.47 Å². The standard InChI is InChI=1S/C14H22O5S/c1-4-20(16,17)9-5-8-19-13-7-6-12(11(2)15)10-14(13)18-3/h6-7,10-11,15H,4-5,8-9H2,1-3H3. The Morgan fingerprint density at radius 1 is 1.30 bits per heavy atom. The van der Waals surface area contributed by atoms with E-state index >= 15 is 0 Å². The number of benzene rings is 1. The lowest BCUT2D eigenvalue weighted by Crippen LogP contribution is -2.12. The second kappa shape index (κ2) is 7.50. The molecule has 0 aliphatic carbocycles. The molecular weight excluding hydrogens is 280 g/mol. The van der Waals surface area contributed by atoms with Gasteiger partial charge in [0.15, 0.2) is 11.5 Å². The van der Waals surface area contributed by atoms with E-state index in [4.69, 9.17) is 9.47 Å². The number of hydrogen-bond acceptors (Lipinski definition) is 5. The Labute approximate surface area is 120 Å². The third kappa shape index (κ3) is 5.02. The van der Waals surface area contributed by atoms with Crippen molar-refractivity contribution < 1.29 is 23.0 Å². The zero-order chi connectivity index (χ0) is 15.2. The van der Waals surface area contributed by atoms with Gasteiger partial charge in [-0.15, -0.1) is 0 Å². The smallest absolute Gasteiger partial charge is 0.161 e. The molecule has 0 fully saturated rings. The Bertz CT molecular complexity index is 522. The molecule has 114 valence electrons. The van der Waals surface area contributed by atoms with Crippen molar-refractivity contribution in [3.63, 3.8) is 0 Å². The van der Waals surface area contributed by atoms with E-state index in [9.17, 15) is 13.5 Å². The van der Waals surface area contributed by atoms with E-state index < -0.39 is 15.9 Å². The van der Waals surface area contributed by atoms with E-state index in [0.29, 0.717) is 24.5 Å². The molecule has 0 aliphatic heterocycles. The first-order valence-corrected chi connectivity index (χ1v) is 8.41. The van der Waals surface area contributed by atoms with Gasteiger partial charge >= 0.3 is 0 Å². The van der Waals surface area contributed by atoms with Crippen LogP contribution in [0.4, 0.5) is 0 Å². The summed E-state index contributed by atoms with van der Waals surface area (Å²) in [6.07, 6.45) is -0.134. The molecule has 1 atom stereocenters. The molecule has 0 amide bonds. The average Bonchev–Trinajstić information content (AvgIpc) is 2.43. The van der Waals surface area contributed by atoms with Crippen LogP contribution >= 0.6 is 0 Å². The minimum atomic E-state index is -2.95. The van der Waals surface area contributed by atoms with Crippen LogP contribution in [0.25, 0.3) is 0 Å². The monoisotopic (exact) mass is 302 g/mol. The molecule has 20 heavy (non-hydrogen) atoms. The minimum Gasteiger partial charge on any atom is -0.493 e. The molecular formula is C14H22O5S. The van der Waals surface area contributed by atoms with Gasteiger partial charge in [0.1, 0.15) is 9.84 Å². The summed E-state index contributed by atoms with van der Waals surface area (Å²) in [6, 6.07) is 5.18. The third-order valence-corrected chi connectivity index (χ3v) is 4.76. The van der Waals surface area contributed by atoms with Crippen LogP contribution in [0.2, 0.25) is 0 Å². The average molecular weight is 302 g/mol. The summed E-state index contributed by atoms with van der Waals surface area (Å²) in [7, 11) is -1.43. The van der Waals surface area contributed by atoms with E-state index in [2.05, 4.69) is 0 Å². The first kappa shape index (κ1) is 16.8. The highest BCUT2D eigenvalue weighted by Crippen LogP contribution is 2.30. The molecule has 1 unspecified atom stereocenters. The number of aliphatic hydroxyl groups excluding tert-OH is 1. The highest BCUT2D eigenvalue weighted by atomic mass is 32.2. The van der Waals surface area contributed by atoms with Crippen molar-refractivity contribution in [2.24, 2.45) is 0 Å². The number of aliphatic hydroxyl groups is 1. The van der Waals surface area contributed by atoms with Crippen molar-refractivity contribution in [2.75, 3.05) is 25.2 Å². The van der Waals surface area contributed by atoms with E-state index in [-0.39, 0.29) is 11.5 Å². The van der Waals surface area contributed by atoms with E-state index in [1.165, 1.54) is 7.11 Å². The predicted octanol–water partition coefficient (Wildman–Crippen LogP) is 1.95. The summed E-state index contributed by atoms with van der Waals surface area (Å²) in [5, 5.41) is 9.50. The maximum Gasteiger partial charge on any atom is 0.161 e. The molecule has 1 rings (SSSR count). The van der Waals surface area contributed by atoms with Crippen LogP contribution in [-0.2, 0) is 9.84 Å². The van der Waals surface area contributed by atoms with E-state index in [1.807, 2.05) is 0 Å². The molecule has 1 aromatic carbocycles. The molecule has 1 aromatic rings. The van der Waals surface area contributed by atoms with Gasteiger partial charge in [0.2, 0.25) is 0 Å². The number of hydrogen-bond donors (Lipinski definition) is 1. The van der Waals surface area contributed by atoms with Gasteiger partial charge in [-0.1, -0.05) is 13.0 Å². The van der Waals surface area contributed by atoms with Gasteiger partial charge in [-0.2, -0.15) is 0 Å². The molecule has 0 saturated heterocycles. The summed E-state index contributed by atoms with van der Waals surface area (Å²) < 4.78 is 33.4.